The first-order valence-corrected chi connectivity index (χ1v) is 7.85. The number of aromatic hydroxyl groups is 2. The van der Waals surface area contributed by atoms with Crippen molar-refractivity contribution in [3.8, 4) is 11.5 Å². The van der Waals surface area contributed by atoms with Gasteiger partial charge < -0.3 is 21.3 Å². The Bertz CT molecular complexity index is 645. The van der Waals surface area contributed by atoms with Gasteiger partial charge in [0.15, 0.2) is 11.5 Å². The number of phenolic OH excluding ortho intramolecular Hbond substituents is 2. The molecule has 0 saturated heterocycles. The molecule has 21 heavy (non-hydrogen) atoms. The first-order chi connectivity index (χ1) is 9.95. The van der Waals surface area contributed by atoms with Gasteiger partial charge in [-0.3, -0.25) is 4.79 Å². The van der Waals surface area contributed by atoms with E-state index in [4.69, 9.17) is 5.73 Å². The molecule has 1 atom stereocenters. The second kappa shape index (κ2) is 6.93. The third-order valence-electron chi connectivity index (χ3n) is 2.90. The largest absolute Gasteiger partial charge is 0.504 e. The summed E-state index contributed by atoms with van der Waals surface area (Å²) in [6.07, 6.45) is 0.286. The Morgan fingerprint density at radius 3 is 2.67 bits per heavy atom. The monoisotopic (exact) mass is 370 g/mol. The fourth-order valence-corrected chi connectivity index (χ4v) is 3.22. The fraction of sp³-hybridized carbons (Fsp3) is 0.214. The lowest BCUT2D eigenvalue weighted by atomic mass is 10.1. The Morgan fingerprint density at radius 1 is 1.29 bits per heavy atom. The number of phenols is 2. The lowest BCUT2D eigenvalue weighted by Crippen LogP contribution is -2.41. The van der Waals surface area contributed by atoms with Crippen LogP contribution < -0.4 is 11.1 Å². The normalized spacial score (nSPS) is 12.1. The number of carbonyl (C=O) groups is 1. The topological polar surface area (TPSA) is 95.6 Å². The Morgan fingerprint density at radius 2 is 2.05 bits per heavy atom. The summed E-state index contributed by atoms with van der Waals surface area (Å²) in [4.78, 5) is 13.0. The van der Waals surface area contributed by atoms with Gasteiger partial charge in [0, 0.05) is 4.88 Å². The highest BCUT2D eigenvalue weighted by Crippen LogP contribution is 2.25. The molecule has 2 rings (SSSR count). The molecule has 0 fully saturated rings. The van der Waals surface area contributed by atoms with E-state index in [0.717, 1.165) is 8.66 Å². The van der Waals surface area contributed by atoms with Gasteiger partial charge >= 0.3 is 0 Å². The van der Waals surface area contributed by atoms with E-state index in [-0.39, 0.29) is 23.8 Å². The molecule has 112 valence electrons. The second-order valence-electron chi connectivity index (χ2n) is 4.56. The number of carbonyl (C=O) groups excluding carboxylic acids is 1. The maximum atomic E-state index is 11.9. The van der Waals surface area contributed by atoms with Crippen LogP contribution in [-0.4, -0.2) is 22.2 Å². The third kappa shape index (κ3) is 4.45. The molecule has 0 spiro atoms. The van der Waals surface area contributed by atoms with Crippen LogP contribution in [0.15, 0.2) is 34.1 Å². The zero-order chi connectivity index (χ0) is 15.4. The van der Waals surface area contributed by atoms with Crippen molar-refractivity contribution in [2.45, 2.75) is 19.0 Å². The highest BCUT2D eigenvalue weighted by Gasteiger charge is 2.15. The number of thiophene rings is 1. The molecule has 7 heteroatoms. The standard InChI is InChI=1S/C14H15BrN2O3S/c15-13-4-2-9(21-13)7-17-14(20)10(16)5-8-1-3-11(18)12(19)6-8/h1-4,6,10,18-19H,5,7,16H2,(H,17,20)/t10-/m0/s1. The lowest BCUT2D eigenvalue weighted by Gasteiger charge is -2.12. The summed E-state index contributed by atoms with van der Waals surface area (Å²) in [7, 11) is 0. The van der Waals surface area contributed by atoms with E-state index in [9.17, 15) is 15.0 Å². The number of nitrogens with one attached hydrogen (secondary N) is 1. The Hall–Kier alpha value is -1.57. The molecule has 5 nitrogen and oxygen atoms in total. The van der Waals surface area contributed by atoms with Gasteiger partial charge in [0.2, 0.25) is 5.91 Å². The van der Waals surface area contributed by atoms with Gasteiger partial charge in [-0.05, 0) is 52.2 Å². The van der Waals surface area contributed by atoms with E-state index < -0.39 is 6.04 Å². The molecule has 5 N–H and O–H groups in total. The molecule has 0 aliphatic heterocycles. The zero-order valence-electron chi connectivity index (χ0n) is 11.0. The lowest BCUT2D eigenvalue weighted by molar-refractivity contribution is -0.122. The fourth-order valence-electron chi connectivity index (χ4n) is 1.79. The van der Waals surface area contributed by atoms with Gasteiger partial charge in [0.1, 0.15) is 0 Å². The Labute approximate surface area is 134 Å². The Balaban J connectivity index is 1.88. The molecule has 1 aromatic heterocycles. The summed E-state index contributed by atoms with van der Waals surface area (Å²) in [5.74, 6) is -0.671. The van der Waals surface area contributed by atoms with Crippen LogP contribution in [0.5, 0.6) is 11.5 Å². The number of rotatable bonds is 5. The number of hydrogen-bond donors (Lipinski definition) is 4. The van der Waals surface area contributed by atoms with Gasteiger partial charge in [-0.1, -0.05) is 6.07 Å². The van der Waals surface area contributed by atoms with E-state index in [2.05, 4.69) is 21.2 Å². The van der Waals surface area contributed by atoms with Crippen molar-refractivity contribution in [2.24, 2.45) is 5.73 Å². The molecule has 2 aromatic rings. The third-order valence-corrected chi connectivity index (χ3v) is 4.52. The van der Waals surface area contributed by atoms with Crippen molar-refractivity contribution in [3.63, 3.8) is 0 Å². The van der Waals surface area contributed by atoms with Crippen LogP contribution in [0.3, 0.4) is 0 Å². The van der Waals surface area contributed by atoms with Crippen LogP contribution in [0.25, 0.3) is 0 Å². The molecule has 0 unspecified atom stereocenters. The first-order valence-electron chi connectivity index (χ1n) is 6.24. The number of amides is 1. The van der Waals surface area contributed by atoms with Gasteiger partial charge in [0.05, 0.1) is 16.4 Å². The quantitative estimate of drug-likeness (QED) is 0.606. The van der Waals surface area contributed by atoms with E-state index in [1.165, 1.54) is 12.1 Å². The summed E-state index contributed by atoms with van der Waals surface area (Å²) in [6, 6.07) is 7.54. The maximum absolute atomic E-state index is 11.9. The molecule has 0 radical (unpaired) electrons. The van der Waals surface area contributed by atoms with E-state index >= 15 is 0 Å². The highest BCUT2D eigenvalue weighted by molar-refractivity contribution is 9.11. The summed E-state index contributed by atoms with van der Waals surface area (Å²) in [6.45, 7) is 0.434. The predicted molar refractivity (Wildman–Crippen MR) is 85.3 cm³/mol. The highest BCUT2D eigenvalue weighted by atomic mass is 79.9. The summed E-state index contributed by atoms with van der Waals surface area (Å²) in [5, 5.41) is 21.4. The molecular formula is C14H15BrN2O3S. The average molecular weight is 371 g/mol. The Kier molecular flexibility index (Phi) is 5.22. The second-order valence-corrected chi connectivity index (χ2v) is 7.10. The number of hydrogen-bond acceptors (Lipinski definition) is 5. The van der Waals surface area contributed by atoms with Crippen molar-refractivity contribution in [2.75, 3.05) is 0 Å². The minimum absolute atomic E-state index is 0.194. The predicted octanol–water partition coefficient (Wildman–Crippen LogP) is 2.11. The smallest absolute Gasteiger partial charge is 0.237 e. The minimum Gasteiger partial charge on any atom is -0.504 e. The van der Waals surface area contributed by atoms with E-state index in [0.29, 0.717) is 12.1 Å². The number of benzene rings is 1. The van der Waals surface area contributed by atoms with Crippen LogP contribution >= 0.6 is 27.3 Å². The van der Waals surface area contributed by atoms with Gasteiger partial charge in [0.25, 0.3) is 0 Å². The zero-order valence-corrected chi connectivity index (χ0v) is 13.4. The van der Waals surface area contributed by atoms with Gasteiger partial charge in [-0.2, -0.15) is 0 Å². The molecule has 0 saturated carbocycles. The summed E-state index contributed by atoms with van der Waals surface area (Å²) < 4.78 is 1.01. The number of nitrogens with two attached hydrogens (primary N) is 1. The molecule has 1 amide bonds. The van der Waals surface area contributed by atoms with Crippen LogP contribution in [-0.2, 0) is 17.8 Å². The minimum atomic E-state index is -0.711. The van der Waals surface area contributed by atoms with Crippen LogP contribution in [0.2, 0.25) is 0 Å². The molecule has 1 heterocycles. The maximum Gasteiger partial charge on any atom is 0.237 e. The average Bonchev–Trinajstić information content (AvgIpc) is 2.86. The van der Waals surface area contributed by atoms with E-state index in [1.807, 2.05) is 12.1 Å². The molecule has 1 aromatic carbocycles. The van der Waals surface area contributed by atoms with E-state index in [1.54, 1.807) is 17.4 Å². The molecule has 0 aliphatic rings. The molecular weight excluding hydrogens is 356 g/mol. The summed E-state index contributed by atoms with van der Waals surface area (Å²) in [5.41, 5.74) is 6.53. The molecule has 0 bridgehead atoms. The van der Waals surface area contributed by atoms with Crippen LogP contribution in [0.1, 0.15) is 10.4 Å². The summed E-state index contributed by atoms with van der Waals surface area (Å²) >= 11 is 4.91. The van der Waals surface area contributed by atoms with Crippen LogP contribution in [0, 0.1) is 0 Å². The van der Waals surface area contributed by atoms with Crippen molar-refractivity contribution >= 4 is 33.2 Å². The molecule has 0 aliphatic carbocycles. The number of halogens is 1. The van der Waals surface area contributed by atoms with Crippen molar-refractivity contribution in [1.29, 1.82) is 0 Å². The van der Waals surface area contributed by atoms with Gasteiger partial charge in [-0.15, -0.1) is 11.3 Å². The first kappa shape index (κ1) is 15.8. The van der Waals surface area contributed by atoms with Crippen LogP contribution in [0.4, 0.5) is 0 Å². The SMILES string of the molecule is N[C@@H](Cc1ccc(O)c(O)c1)C(=O)NCc1ccc(Br)s1. The van der Waals surface area contributed by atoms with Crippen molar-refractivity contribution in [3.05, 3.63) is 44.6 Å². The van der Waals surface area contributed by atoms with Gasteiger partial charge in [-0.25, -0.2) is 0 Å². The van der Waals surface area contributed by atoms with Crippen molar-refractivity contribution < 1.29 is 15.0 Å². The van der Waals surface area contributed by atoms with Crippen molar-refractivity contribution in [1.82, 2.24) is 5.32 Å².